The summed E-state index contributed by atoms with van der Waals surface area (Å²) in [5.74, 6) is 6.01. The van der Waals surface area contributed by atoms with E-state index in [1.165, 1.54) is 0 Å². The van der Waals surface area contributed by atoms with Crippen LogP contribution in [0.4, 0.5) is 0 Å². The molecule has 4 nitrogen and oxygen atoms in total. The number of methoxy groups -OCH3 is 1. The molecular formula is C12H16N2O2. The van der Waals surface area contributed by atoms with E-state index in [-0.39, 0.29) is 0 Å². The van der Waals surface area contributed by atoms with E-state index in [2.05, 4.69) is 23.6 Å². The number of aromatic nitrogens is 1. The third kappa shape index (κ3) is 1.66. The minimum Gasteiger partial charge on any atom is -0.496 e. The lowest BCUT2D eigenvalue weighted by Gasteiger charge is -2.06. The lowest BCUT2D eigenvalue weighted by atomic mass is 10.2. The Morgan fingerprint density at radius 1 is 1.38 bits per heavy atom. The molecule has 86 valence electrons. The number of hydrogen-bond acceptors (Lipinski definition) is 3. The summed E-state index contributed by atoms with van der Waals surface area (Å²) in [6, 6.07) is 8.07. The fraction of sp³-hybridized carbons (Fsp3) is 0.333. The predicted octanol–water partition coefficient (Wildman–Crippen LogP) is 2.06. The first-order valence-electron chi connectivity index (χ1n) is 5.28. The molecule has 1 aromatic carbocycles. The largest absolute Gasteiger partial charge is 0.496 e. The van der Waals surface area contributed by atoms with Gasteiger partial charge in [-0.1, -0.05) is 6.07 Å². The topological polar surface area (TPSA) is 49.4 Å². The van der Waals surface area contributed by atoms with Crippen molar-refractivity contribution in [3.8, 4) is 5.75 Å². The maximum Gasteiger partial charge on any atom is 0.128 e. The Morgan fingerprint density at radius 2 is 2.19 bits per heavy atom. The Balaban J connectivity index is 2.65. The van der Waals surface area contributed by atoms with E-state index in [1.54, 1.807) is 7.11 Å². The van der Waals surface area contributed by atoms with Gasteiger partial charge < -0.3 is 9.30 Å². The highest BCUT2D eigenvalue weighted by Crippen LogP contribution is 2.28. The van der Waals surface area contributed by atoms with Crippen molar-refractivity contribution < 1.29 is 9.57 Å². The van der Waals surface area contributed by atoms with E-state index in [0.717, 1.165) is 28.9 Å². The normalized spacial score (nSPS) is 10.9. The highest BCUT2D eigenvalue weighted by atomic mass is 16.6. The van der Waals surface area contributed by atoms with Crippen LogP contribution in [0.3, 0.4) is 0 Å². The lowest BCUT2D eigenvalue weighted by molar-refractivity contribution is 0.119. The van der Waals surface area contributed by atoms with Crippen molar-refractivity contribution in [2.24, 2.45) is 5.90 Å². The van der Waals surface area contributed by atoms with Crippen molar-refractivity contribution in [1.82, 2.24) is 4.57 Å². The van der Waals surface area contributed by atoms with Gasteiger partial charge in [0.25, 0.3) is 0 Å². The molecule has 4 heteroatoms. The van der Waals surface area contributed by atoms with Crippen molar-refractivity contribution in [2.75, 3.05) is 7.11 Å². The van der Waals surface area contributed by atoms with Gasteiger partial charge >= 0.3 is 0 Å². The van der Waals surface area contributed by atoms with Crippen LogP contribution < -0.4 is 10.6 Å². The van der Waals surface area contributed by atoms with E-state index in [0.29, 0.717) is 6.61 Å². The minimum atomic E-state index is 0.408. The van der Waals surface area contributed by atoms with Crippen LogP contribution in [0, 0.1) is 0 Å². The van der Waals surface area contributed by atoms with Crippen molar-refractivity contribution in [3.05, 3.63) is 30.0 Å². The Hall–Kier alpha value is -1.52. The average molecular weight is 220 g/mol. The molecular weight excluding hydrogens is 204 g/mol. The molecule has 0 amide bonds. The van der Waals surface area contributed by atoms with Crippen LogP contribution in [0.1, 0.15) is 12.6 Å². The molecule has 1 aromatic heterocycles. The highest BCUT2D eigenvalue weighted by Gasteiger charge is 2.10. The Labute approximate surface area is 94.5 Å². The number of ether oxygens (including phenoxy) is 1. The van der Waals surface area contributed by atoms with Crippen LogP contribution in [0.2, 0.25) is 0 Å². The van der Waals surface area contributed by atoms with Gasteiger partial charge in [-0.2, -0.15) is 0 Å². The van der Waals surface area contributed by atoms with Crippen molar-refractivity contribution in [3.63, 3.8) is 0 Å². The van der Waals surface area contributed by atoms with Crippen molar-refractivity contribution in [1.29, 1.82) is 0 Å². The fourth-order valence-electron chi connectivity index (χ4n) is 2.07. The second-order valence-corrected chi connectivity index (χ2v) is 3.58. The first kappa shape index (κ1) is 11.0. The summed E-state index contributed by atoms with van der Waals surface area (Å²) in [6.45, 7) is 3.39. The van der Waals surface area contributed by atoms with Crippen LogP contribution >= 0.6 is 0 Å². The van der Waals surface area contributed by atoms with E-state index in [1.807, 2.05) is 12.1 Å². The smallest absolute Gasteiger partial charge is 0.128 e. The van der Waals surface area contributed by atoms with Gasteiger partial charge in [0.1, 0.15) is 12.4 Å². The third-order valence-electron chi connectivity index (χ3n) is 2.76. The molecule has 0 aliphatic rings. The van der Waals surface area contributed by atoms with E-state index >= 15 is 0 Å². The molecule has 0 fully saturated rings. The number of nitrogens with zero attached hydrogens (tertiary/aromatic N) is 1. The predicted molar refractivity (Wildman–Crippen MR) is 63.1 cm³/mol. The third-order valence-corrected chi connectivity index (χ3v) is 2.76. The average Bonchev–Trinajstić information content (AvgIpc) is 2.66. The number of rotatable bonds is 4. The molecule has 1 heterocycles. The molecule has 0 aliphatic carbocycles. The maximum atomic E-state index is 5.33. The van der Waals surface area contributed by atoms with Crippen LogP contribution in [-0.4, -0.2) is 11.7 Å². The molecule has 2 aromatic rings. The molecule has 0 spiro atoms. The molecule has 2 N–H and O–H groups in total. The number of fused-ring (bicyclic) bond motifs is 1. The summed E-state index contributed by atoms with van der Waals surface area (Å²) in [5.41, 5.74) is 2.21. The zero-order valence-corrected chi connectivity index (χ0v) is 9.56. The quantitative estimate of drug-likeness (QED) is 0.802. The minimum absolute atomic E-state index is 0.408. The lowest BCUT2D eigenvalue weighted by Crippen LogP contribution is -2.05. The zero-order valence-electron chi connectivity index (χ0n) is 9.56. The van der Waals surface area contributed by atoms with Crippen LogP contribution in [-0.2, 0) is 18.0 Å². The van der Waals surface area contributed by atoms with Gasteiger partial charge in [0.05, 0.1) is 12.6 Å². The SMILES string of the molecule is CCn1c(CON)cc2c(OC)cccc21. The zero-order chi connectivity index (χ0) is 11.5. The first-order valence-corrected chi connectivity index (χ1v) is 5.28. The summed E-state index contributed by atoms with van der Waals surface area (Å²) in [4.78, 5) is 4.71. The molecule has 0 bridgehead atoms. The molecule has 0 unspecified atom stereocenters. The van der Waals surface area contributed by atoms with E-state index < -0.39 is 0 Å². The Morgan fingerprint density at radius 3 is 2.81 bits per heavy atom. The summed E-state index contributed by atoms with van der Waals surface area (Å²) in [7, 11) is 1.68. The van der Waals surface area contributed by atoms with E-state index in [4.69, 9.17) is 15.5 Å². The van der Waals surface area contributed by atoms with Crippen LogP contribution in [0.25, 0.3) is 10.9 Å². The number of nitrogens with two attached hydrogens (primary N) is 1. The first-order chi connectivity index (χ1) is 7.81. The van der Waals surface area contributed by atoms with Gasteiger partial charge in [-0.15, -0.1) is 0 Å². The second kappa shape index (κ2) is 4.55. The van der Waals surface area contributed by atoms with E-state index in [9.17, 15) is 0 Å². The molecule has 0 saturated carbocycles. The van der Waals surface area contributed by atoms with Gasteiger partial charge in [0.2, 0.25) is 0 Å². The fourth-order valence-corrected chi connectivity index (χ4v) is 2.07. The summed E-state index contributed by atoms with van der Waals surface area (Å²) >= 11 is 0. The molecule has 0 aliphatic heterocycles. The maximum absolute atomic E-state index is 5.33. The molecule has 16 heavy (non-hydrogen) atoms. The summed E-state index contributed by atoms with van der Waals surface area (Å²) in [5, 5.41) is 1.10. The van der Waals surface area contributed by atoms with Gasteiger partial charge in [-0.3, -0.25) is 4.84 Å². The van der Waals surface area contributed by atoms with Gasteiger partial charge in [0, 0.05) is 17.6 Å². The summed E-state index contributed by atoms with van der Waals surface area (Å²) in [6.07, 6.45) is 0. The van der Waals surface area contributed by atoms with Crippen molar-refractivity contribution >= 4 is 10.9 Å². The summed E-state index contributed by atoms with van der Waals surface area (Å²) < 4.78 is 7.50. The van der Waals surface area contributed by atoms with Crippen LogP contribution in [0.5, 0.6) is 5.75 Å². The van der Waals surface area contributed by atoms with Gasteiger partial charge in [-0.25, -0.2) is 5.90 Å². The molecule has 2 rings (SSSR count). The monoisotopic (exact) mass is 220 g/mol. The van der Waals surface area contributed by atoms with Crippen LogP contribution in [0.15, 0.2) is 24.3 Å². The number of benzene rings is 1. The standard InChI is InChI=1S/C12H16N2O2/c1-3-14-9(8-16-13)7-10-11(14)5-4-6-12(10)15-2/h4-7H,3,8,13H2,1-2H3. The highest BCUT2D eigenvalue weighted by molar-refractivity contribution is 5.87. The molecule has 0 atom stereocenters. The second-order valence-electron chi connectivity index (χ2n) is 3.58. The Kier molecular flexibility index (Phi) is 3.12. The Bertz CT molecular complexity index is 491. The van der Waals surface area contributed by atoms with Gasteiger partial charge in [0.15, 0.2) is 0 Å². The number of hydrogen-bond donors (Lipinski definition) is 1. The van der Waals surface area contributed by atoms with Gasteiger partial charge in [-0.05, 0) is 25.1 Å². The molecule has 0 saturated heterocycles. The van der Waals surface area contributed by atoms with Crippen molar-refractivity contribution in [2.45, 2.75) is 20.1 Å². The number of aryl methyl sites for hydroxylation is 1. The molecule has 0 radical (unpaired) electrons.